The average molecular weight is 368 g/mol. The molecular formula is C18H16N4O3S. The van der Waals surface area contributed by atoms with Crippen LogP contribution in [0.1, 0.15) is 20.9 Å². The Hall–Kier alpha value is -3.00. The molecule has 0 N–H and O–H groups in total. The Balaban J connectivity index is 1.73. The van der Waals surface area contributed by atoms with Crippen LogP contribution in [0.3, 0.4) is 0 Å². The summed E-state index contributed by atoms with van der Waals surface area (Å²) in [6, 6.07) is 8.43. The molecule has 0 radical (unpaired) electrons. The van der Waals surface area contributed by atoms with Gasteiger partial charge in [-0.3, -0.25) is 18.8 Å². The number of hydrogen-bond acceptors (Lipinski definition) is 5. The molecule has 4 rings (SSSR count). The summed E-state index contributed by atoms with van der Waals surface area (Å²) in [7, 11) is 1.66. The summed E-state index contributed by atoms with van der Waals surface area (Å²) in [5.74, 6) is -0.435. The number of fused-ring (bicyclic) bond motifs is 2. The number of thiazole rings is 1. The van der Waals surface area contributed by atoms with Crippen LogP contribution in [0.5, 0.6) is 0 Å². The number of carbonyl (C=O) groups is 2. The van der Waals surface area contributed by atoms with Crippen LogP contribution in [-0.2, 0) is 11.3 Å². The van der Waals surface area contributed by atoms with Crippen molar-refractivity contribution in [3.8, 4) is 0 Å². The Bertz CT molecular complexity index is 1100. The van der Waals surface area contributed by atoms with Gasteiger partial charge in [0.05, 0.1) is 23.5 Å². The average Bonchev–Trinajstić information content (AvgIpc) is 2.97. The van der Waals surface area contributed by atoms with Crippen LogP contribution in [-0.4, -0.2) is 39.7 Å². The van der Waals surface area contributed by atoms with Crippen molar-refractivity contribution in [1.82, 2.24) is 14.3 Å². The van der Waals surface area contributed by atoms with Crippen LogP contribution in [0.4, 0.5) is 5.69 Å². The molecule has 7 nitrogen and oxygen atoms in total. The third-order valence-electron chi connectivity index (χ3n) is 4.37. The van der Waals surface area contributed by atoms with Gasteiger partial charge in [0.15, 0.2) is 4.96 Å². The molecule has 2 amide bonds. The molecule has 0 fully saturated rings. The molecule has 1 aliphatic rings. The van der Waals surface area contributed by atoms with Crippen LogP contribution in [0.25, 0.3) is 4.96 Å². The van der Waals surface area contributed by atoms with Gasteiger partial charge in [-0.1, -0.05) is 12.1 Å². The number of aromatic nitrogens is 2. The number of benzene rings is 1. The second-order valence-electron chi connectivity index (χ2n) is 6.21. The van der Waals surface area contributed by atoms with E-state index in [1.807, 2.05) is 6.92 Å². The van der Waals surface area contributed by atoms with Crippen molar-refractivity contribution < 1.29 is 9.59 Å². The Kier molecular flexibility index (Phi) is 3.84. The van der Waals surface area contributed by atoms with E-state index in [-0.39, 0.29) is 30.5 Å². The van der Waals surface area contributed by atoms with Crippen LogP contribution in [0, 0.1) is 6.92 Å². The van der Waals surface area contributed by atoms with Gasteiger partial charge in [0.2, 0.25) is 5.91 Å². The highest BCUT2D eigenvalue weighted by atomic mass is 32.1. The summed E-state index contributed by atoms with van der Waals surface area (Å²) in [6.45, 7) is 1.95. The molecule has 2 aromatic heterocycles. The Morgan fingerprint density at radius 2 is 1.96 bits per heavy atom. The van der Waals surface area contributed by atoms with Gasteiger partial charge >= 0.3 is 0 Å². The smallest absolute Gasteiger partial charge is 0.258 e. The lowest BCUT2D eigenvalue weighted by molar-refractivity contribution is -0.119. The molecule has 8 heteroatoms. The van der Waals surface area contributed by atoms with Crippen molar-refractivity contribution in [3.63, 3.8) is 0 Å². The monoisotopic (exact) mass is 368 g/mol. The number of likely N-dealkylation sites (N-methyl/N-ethyl adjacent to an activating group) is 1. The van der Waals surface area contributed by atoms with Gasteiger partial charge in [-0.25, -0.2) is 4.98 Å². The first kappa shape index (κ1) is 16.5. The second kappa shape index (κ2) is 6.06. The highest BCUT2D eigenvalue weighted by Gasteiger charge is 2.29. The number of aryl methyl sites for hydroxylation is 1. The minimum absolute atomic E-state index is 0.0610. The lowest BCUT2D eigenvalue weighted by Crippen LogP contribution is -2.37. The maximum Gasteiger partial charge on any atom is 0.258 e. The second-order valence-corrected chi connectivity index (χ2v) is 7.42. The van der Waals surface area contributed by atoms with Gasteiger partial charge in [0.25, 0.3) is 11.5 Å². The van der Waals surface area contributed by atoms with Gasteiger partial charge in [0.1, 0.15) is 6.54 Å². The van der Waals surface area contributed by atoms with Gasteiger partial charge < -0.3 is 9.80 Å². The molecule has 1 aliphatic heterocycles. The first-order valence-electron chi connectivity index (χ1n) is 8.07. The highest BCUT2D eigenvalue weighted by Crippen LogP contribution is 2.25. The summed E-state index contributed by atoms with van der Waals surface area (Å²) in [5, 5.41) is 0. The fourth-order valence-electron chi connectivity index (χ4n) is 3.06. The first-order valence-corrected chi connectivity index (χ1v) is 8.89. The van der Waals surface area contributed by atoms with Crippen molar-refractivity contribution in [2.75, 3.05) is 18.5 Å². The molecule has 0 unspecified atom stereocenters. The van der Waals surface area contributed by atoms with E-state index < -0.39 is 0 Å². The number of rotatable bonds is 2. The Labute approximate surface area is 153 Å². The van der Waals surface area contributed by atoms with Crippen molar-refractivity contribution in [1.29, 1.82) is 0 Å². The number of carbonyl (C=O) groups excluding carboxylic acids is 2. The number of nitrogens with zero attached hydrogens (tertiary/aromatic N) is 4. The summed E-state index contributed by atoms with van der Waals surface area (Å²) in [5.41, 5.74) is 1.33. The Morgan fingerprint density at radius 3 is 2.77 bits per heavy atom. The fourth-order valence-corrected chi connectivity index (χ4v) is 3.91. The number of amides is 2. The molecule has 132 valence electrons. The van der Waals surface area contributed by atoms with E-state index in [2.05, 4.69) is 4.98 Å². The van der Waals surface area contributed by atoms with Crippen molar-refractivity contribution >= 4 is 33.8 Å². The van der Waals surface area contributed by atoms with Gasteiger partial charge in [-0.2, -0.15) is 0 Å². The van der Waals surface area contributed by atoms with Gasteiger partial charge in [0, 0.05) is 24.2 Å². The van der Waals surface area contributed by atoms with Gasteiger partial charge in [-0.05, 0) is 19.1 Å². The predicted molar refractivity (Wildman–Crippen MR) is 98.7 cm³/mol. The van der Waals surface area contributed by atoms with Crippen LogP contribution in [0.15, 0.2) is 41.3 Å². The Morgan fingerprint density at radius 1 is 1.19 bits per heavy atom. The van der Waals surface area contributed by atoms with E-state index in [9.17, 15) is 14.4 Å². The minimum atomic E-state index is -0.248. The molecule has 0 saturated carbocycles. The van der Waals surface area contributed by atoms with Crippen LogP contribution < -0.4 is 10.5 Å². The molecule has 0 saturated heterocycles. The molecule has 26 heavy (non-hydrogen) atoms. The van der Waals surface area contributed by atoms with Crippen molar-refractivity contribution in [2.24, 2.45) is 0 Å². The van der Waals surface area contributed by atoms with E-state index in [1.54, 1.807) is 37.5 Å². The summed E-state index contributed by atoms with van der Waals surface area (Å²) in [6.07, 6.45) is 1.74. The SMILES string of the molecule is Cc1cn2c(=O)cc(CN3CC(=O)N(C)c4ccccc4C3=O)nc2s1. The first-order chi connectivity index (χ1) is 12.4. The van der Waals surface area contributed by atoms with E-state index >= 15 is 0 Å². The molecule has 3 aromatic rings. The lowest BCUT2D eigenvalue weighted by atomic mass is 10.1. The largest absolute Gasteiger partial charge is 0.323 e. The number of anilines is 1. The summed E-state index contributed by atoms with van der Waals surface area (Å²) in [4.78, 5) is 46.6. The summed E-state index contributed by atoms with van der Waals surface area (Å²) >= 11 is 1.41. The van der Waals surface area contributed by atoms with E-state index in [0.717, 1.165) is 4.88 Å². The maximum atomic E-state index is 12.9. The fraction of sp³-hybridized carbons (Fsp3) is 0.222. The molecular weight excluding hydrogens is 352 g/mol. The third kappa shape index (κ3) is 2.68. The summed E-state index contributed by atoms with van der Waals surface area (Å²) < 4.78 is 1.49. The number of hydrogen-bond donors (Lipinski definition) is 0. The zero-order chi connectivity index (χ0) is 18.4. The molecule has 0 spiro atoms. The predicted octanol–water partition coefficient (Wildman–Crippen LogP) is 1.68. The van der Waals surface area contributed by atoms with Gasteiger partial charge in [-0.15, -0.1) is 11.3 Å². The minimum Gasteiger partial charge on any atom is -0.323 e. The number of para-hydroxylation sites is 1. The highest BCUT2D eigenvalue weighted by molar-refractivity contribution is 7.16. The normalized spacial score (nSPS) is 14.7. The van der Waals surface area contributed by atoms with Crippen molar-refractivity contribution in [2.45, 2.75) is 13.5 Å². The maximum absolute atomic E-state index is 12.9. The van der Waals surface area contributed by atoms with Crippen LogP contribution in [0.2, 0.25) is 0 Å². The molecule has 0 aliphatic carbocycles. The lowest BCUT2D eigenvalue weighted by Gasteiger charge is -2.19. The molecule has 0 bridgehead atoms. The molecule has 0 atom stereocenters. The quantitative estimate of drug-likeness (QED) is 0.690. The standard InChI is InChI=1S/C18H16N4O3S/c1-11-8-22-15(23)7-12(19-18(22)26-11)9-21-10-16(24)20(2)14-6-4-3-5-13(14)17(21)25/h3-8H,9-10H2,1-2H3. The van der Waals surface area contributed by atoms with E-state index in [4.69, 9.17) is 0 Å². The third-order valence-corrected chi connectivity index (χ3v) is 5.27. The molecule has 3 heterocycles. The topological polar surface area (TPSA) is 75.0 Å². The zero-order valence-electron chi connectivity index (χ0n) is 14.3. The van der Waals surface area contributed by atoms with E-state index in [1.165, 1.54) is 31.6 Å². The zero-order valence-corrected chi connectivity index (χ0v) is 15.1. The van der Waals surface area contributed by atoms with Crippen LogP contribution >= 0.6 is 11.3 Å². The van der Waals surface area contributed by atoms with E-state index in [0.29, 0.717) is 21.9 Å². The van der Waals surface area contributed by atoms with Crippen molar-refractivity contribution in [3.05, 3.63) is 63.0 Å². The molecule has 1 aromatic carbocycles.